The van der Waals surface area contributed by atoms with Crippen LogP contribution in [0.25, 0.3) is 0 Å². The summed E-state index contributed by atoms with van der Waals surface area (Å²) in [4.78, 5) is 2.56. The summed E-state index contributed by atoms with van der Waals surface area (Å²) in [6, 6.07) is 6.79. The number of benzene rings is 1. The average molecular weight is 346 g/mol. The number of nitrogens with zero attached hydrogens (tertiary/aromatic N) is 1. The molecule has 2 rings (SSSR count). The van der Waals surface area contributed by atoms with Crippen molar-refractivity contribution in [1.82, 2.24) is 10.2 Å². The highest BCUT2D eigenvalue weighted by Crippen LogP contribution is 2.23. The zero-order chi connectivity index (χ0) is 13.8. The molecule has 0 radical (unpaired) electrons. The highest BCUT2D eigenvalue weighted by atomic mass is 79.9. The number of rotatable bonds is 5. The van der Waals surface area contributed by atoms with E-state index in [1.54, 1.807) is 0 Å². The zero-order valence-electron chi connectivity index (χ0n) is 11.6. The Morgan fingerprint density at radius 1 is 1.47 bits per heavy atom. The van der Waals surface area contributed by atoms with Crippen molar-refractivity contribution in [2.24, 2.45) is 5.92 Å². The predicted molar refractivity (Wildman–Crippen MR) is 85.7 cm³/mol. The van der Waals surface area contributed by atoms with Crippen LogP contribution in [0.3, 0.4) is 0 Å². The van der Waals surface area contributed by atoms with Gasteiger partial charge in [-0.15, -0.1) is 0 Å². The second-order valence-corrected chi connectivity index (χ2v) is 6.88. The minimum absolute atomic E-state index is 0.678. The fourth-order valence-electron chi connectivity index (χ4n) is 2.57. The molecule has 1 unspecified atom stereocenters. The van der Waals surface area contributed by atoms with Crippen molar-refractivity contribution in [3.8, 4) is 0 Å². The minimum atomic E-state index is 0.678. The van der Waals surface area contributed by atoms with Crippen LogP contribution in [0, 0.1) is 5.92 Å². The third kappa shape index (κ3) is 4.45. The fourth-order valence-corrected chi connectivity index (χ4v) is 3.11. The number of hydrogen-bond acceptors (Lipinski definition) is 2. The molecule has 1 saturated heterocycles. The smallest absolute Gasteiger partial charge is 0.0548 e. The molecule has 4 heteroatoms. The summed E-state index contributed by atoms with van der Waals surface area (Å²) in [7, 11) is 0. The molecule has 1 fully saturated rings. The molecule has 1 aromatic carbocycles. The zero-order valence-corrected chi connectivity index (χ0v) is 14.0. The minimum Gasteiger partial charge on any atom is -0.312 e. The first-order chi connectivity index (χ1) is 9.06. The molecule has 0 saturated carbocycles. The third-order valence-electron chi connectivity index (χ3n) is 3.79. The van der Waals surface area contributed by atoms with E-state index in [9.17, 15) is 0 Å². The van der Waals surface area contributed by atoms with E-state index in [2.05, 4.69) is 52.1 Å². The van der Waals surface area contributed by atoms with Crippen LogP contribution in [0.2, 0.25) is 5.02 Å². The van der Waals surface area contributed by atoms with Crippen LogP contribution in [-0.4, -0.2) is 30.6 Å². The van der Waals surface area contributed by atoms with E-state index < -0.39 is 0 Å². The molecule has 2 nitrogen and oxygen atoms in total. The van der Waals surface area contributed by atoms with Gasteiger partial charge in [-0.25, -0.2) is 0 Å². The van der Waals surface area contributed by atoms with Crippen LogP contribution in [0.15, 0.2) is 22.7 Å². The van der Waals surface area contributed by atoms with Crippen molar-refractivity contribution in [1.29, 1.82) is 0 Å². The Kier molecular flexibility index (Phi) is 5.70. The summed E-state index contributed by atoms with van der Waals surface area (Å²) < 4.78 is 0.973. The first kappa shape index (κ1) is 15.3. The van der Waals surface area contributed by atoms with E-state index in [1.165, 1.54) is 25.1 Å². The first-order valence-corrected chi connectivity index (χ1v) is 8.12. The maximum Gasteiger partial charge on any atom is 0.0548 e. The van der Waals surface area contributed by atoms with E-state index in [-0.39, 0.29) is 0 Å². The lowest BCUT2D eigenvalue weighted by molar-refractivity contribution is 0.264. The molecular weight excluding hydrogens is 324 g/mol. The molecule has 1 aliphatic heterocycles. The van der Waals surface area contributed by atoms with Gasteiger partial charge in [-0.1, -0.05) is 17.7 Å². The molecule has 0 aliphatic carbocycles. The Labute approximate surface area is 129 Å². The molecule has 0 aromatic heterocycles. The normalized spacial score (nSPS) is 20.4. The largest absolute Gasteiger partial charge is 0.312 e. The maximum absolute atomic E-state index is 5.99. The van der Waals surface area contributed by atoms with Crippen LogP contribution < -0.4 is 5.32 Å². The number of likely N-dealkylation sites (tertiary alicyclic amines) is 1. The monoisotopic (exact) mass is 344 g/mol. The van der Waals surface area contributed by atoms with Gasteiger partial charge in [0.2, 0.25) is 0 Å². The lowest BCUT2D eigenvalue weighted by Crippen LogP contribution is -2.30. The molecule has 1 N–H and O–H groups in total. The predicted octanol–water partition coefficient (Wildman–Crippen LogP) is 3.92. The number of hydrogen-bond donors (Lipinski definition) is 1. The quantitative estimate of drug-likeness (QED) is 0.870. The molecule has 0 bridgehead atoms. The Morgan fingerprint density at radius 2 is 2.26 bits per heavy atom. The second kappa shape index (κ2) is 7.07. The van der Waals surface area contributed by atoms with Crippen LogP contribution in [0.5, 0.6) is 0 Å². The molecule has 0 amide bonds. The SMILES string of the molecule is CC(C)N1CCC(CNCc2ccc(Cl)c(Br)c2)C1. The van der Waals surface area contributed by atoms with E-state index in [0.717, 1.165) is 28.5 Å². The summed E-state index contributed by atoms with van der Waals surface area (Å²) in [5.74, 6) is 0.790. The van der Waals surface area contributed by atoms with Crippen molar-refractivity contribution in [2.45, 2.75) is 32.9 Å². The van der Waals surface area contributed by atoms with Gasteiger partial charge in [-0.05, 0) is 72.9 Å². The van der Waals surface area contributed by atoms with Gasteiger partial charge in [0.25, 0.3) is 0 Å². The molecule has 1 heterocycles. The Bertz CT molecular complexity index is 423. The second-order valence-electron chi connectivity index (χ2n) is 5.62. The van der Waals surface area contributed by atoms with Crippen LogP contribution >= 0.6 is 27.5 Å². The lowest BCUT2D eigenvalue weighted by Gasteiger charge is -2.20. The molecule has 106 valence electrons. The van der Waals surface area contributed by atoms with Gasteiger partial charge in [-0.2, -0.15) is 0 Å². The van der Waals surface area contributed by atoms with E-state index in [4.69, 9.17) is 11.6 Å². The number of nitrogens with one attached hydrogen (secondary N) is 1. The first-order valence-electron chi connectivity index (χ1n) is 6.95. The fraction of sp³-hybridized carbons (Fsp3) is 0.600. The van der Waals surface area contributed by atoms with Gasteiger partial charge in [-0.3, -0.25) is 0 Å². The molecule has 19 heavy (non-hydrogen) atoms. The molecule has 1 atom stereocenters. The number of halogens is 2. The van der Waals surface area contributed by atoms with Gasteiger partial charge < -0.3 is 10.2 Å². The van der Waals surface area contributed by atoms with Gasteiger partial charge in [0.1, 0.15) is 0 Å². The summed E-state index contributed by atoms with van der Waals surface area (Å²) in [5.41, 5.74) is 1.27. The van der Waals surface area contributed by atoms with Crippen molar-refractivity contribution >= 4 is 27.5 Å². The summed E-state index contributed by atoms with van der Waals surface area (Å²) in [6.45, 7) is 9.05. The topological polar surface area (TPSA) is 15.3 Å². The van der Waals surface area contributed by atoms with E-state index >= 15 is 0 Å². The highest BCUT2D eigenvalue weighted by molar-refractivity contribution is 9.10. The Balaban J connectivity index is 1.73. The summed E-state index contributed by atoms with van der Waals surface area (Å²) >= 11 is 9.45. The average Bonchev–Trinajstić information content (AvgIpc) is 2.83. The molecule has 0 spiro atoms. The maximum atomic E-state index is 5.99. The van der Waals surface area contributed by atoms with Gasteiger partial charge in [0.15, 0.2) is 0 Å². The lowest BCUT2D eigenvalue weighted by atomic mass is 10.1. The van der Waals surface area contributed by atoms with Crippen molar-refractivity contribution in [3.63, 3.8) is 0 Å². The van der Waals surface area contributed by atoms with Crippen molar-refractivity contribution in [2.75, 3.05) is 19.6 Å². The Morgan fingerprint density at radius 3 is 2.89 bits per heavy atom. The van der Waals surface area contributed by atoms with Gasteiger partial charge in [0.05, 0.1) is 5.02 Å². The highest BCUT2D eigenvalue weighted by Gasteiger charge is 2.23. The summed E-state index contributed by atoms with van der Waals surface area (Å²) in [5, 5.41) is 4.33. The summed E-state index contributed by atoms with van der Waals surface area (Å²) in [6.07, 6.45) is 1.31. The van der Waals surface area contributed by atoms with Gasteiger partial charge in [0, 0.05) is 23.6 Å². The van der Waals surface area contributed by atoms with Crippen LogP contribution in [0.1, 0.15) is 25.8 Å². The third-order valence-corrected chi connectivity index (χ3v) is 5.01. The van der Waals surface area contributed by atoms with Crippen molar-refractivity contribution < 1.29 is 0 Å². The van der Waals surface area contributed by atoms with Crippen LogP contribution in [-0.2, 0) is 6.54 Å². The molecular formula is C15H22BrClN2. The van der Waals surface area contributed by atoms with Gasteiger partial charge >= 0.3 is 0 Å². The van der Waals surface area contributed by atoms with Crippen molar-refractivity contribution in [3.05, 3.63) is 33.3 Å². The standard InChI is InChI=1S/C15H22BrClN2/c1-11(2)19-6-5-13(10-19)9-18-8-12-3-4-15(17)14(16)7-12/h3-4,7,11,13,18H,5-6,8-10H2,1-2H3. The van der Waals surface area contributed by atoms with E-state index in [0.29, 0.717) is 6.04 Å². The van der Waals surface area contributed by atoms with E-state index in [1.807, 2.05) is 6.07 Å². The van der Waals surface area contributed by atoms with Crippen LogP contribution in [0.4, 0.5) is 0 Å². The Hall–Kier alpha value is -0.0900. The molecule has 1 aliphatic rings. The molecule has 1 aromatic rings.